The first kappa shape index (κ1) is 23.1. The Morgan fingerprint density at radius 3 is 2.34 bits per heavy atom. The monoisotopic (exact) mass is 531 g/mol. The van der Waals surface area contributed by atoms with Crippen LogP contribution in [0.4, 0.5) is 28.8 Å². The van der Waals surface area contributed by atoms with Crippen molar-refractivity contribution in [2.45, 2.75) is 0 Å². The van der Waals surface area contributed by atoms with Crippen LogP contribution >= 0.6 is 15.9 Å². The first-order chi connectivity index (χ1) is 17.1. The van der Waals surface area contributed by atoms with Crippen LogP contribution in [0.2, 0.25) is 0 Å². The Morgan fingerprint density at radius 1 is 0.857 bits per heavy atom. The molecular formula is C26H26BrN7O. The van der Waals surface area contributed by atoms with Crippen molar-refractivity contribution in [3.63, 3.8) is 0 Å². The number of nitrogens with one attached hydrogen (secondary N) is 2. The summed E-state index contributed by atoms with van der Waals surface area (Å²) in [6, 6.07) is 21.4. The normalized spacial score (nSPS) is 14.1. The van der Waals surface area contributed by atoms with Gasteiger partial charge >= 0.3 is 0 Å². The molecule has 1 saturated heterocycles. The minimum Gasteiger partial charge on any atom is -0.369 e. The molecule has 0 radical (unpaired) electrons. The van der Waals surface area contributed by atoms with Gasteiger partial charge in [0.05, 0.1) is 4.47 Å². The molecule has 0 spiro atoms. The summed E-state index contributed by atoms with van der Waals surface area (Å²) in [4.78, 5) is 26.8. The fourth-order valence-corrected chi connectivity index (χ4v) is 4.26. The van der Waals surface area contributed by atoms with E-state index in [4.69, 9.17) is 0 Å². The summed E-state index contributed by atoms with van der Waals surface area (Å²) >= 11 is 3.49. The van der Waals surface area contributed by atoms with Gasteiger partial charge in [0, 0.05) is 55.6 Å². The Hall–Kier alpha value is -3.69. The molecule has 0 bridgehead atoms. The van der Waals surface area contributed by atoms with Gasteiger partial charge in [0.1, 0.15) is 5.69 Å². The summed E-state index contributed by atoms with van der Waals surface area (Å²) in [5.41, 5.74) is 3.14. The Labute approximate surface area is 212 Å². The highest BCUT2D eigenvalue weighted by molar-refractivity contribution is 9.10. The van der Waals surface area contributed by atoms with Crippen molar-refractivity contribution in [3.8, 4) is 5.69 Å². The Balaban J connectivity index is 1.32. The number of anilines is 5. The van der Waals surface area contributed by atoms with E-state index in [0.29, 0.717) is 21.9 Å². The zero-order valence-corrected chi connectivity index (χ0v) is 20.9. The number of pyridine rings is 1. The molecule has 2 N–H and O–H groups in total. The number of para-hydroxylation sites is 1. The largest absolute Gasteiger partial charge is 0.369 e. The molecule has 2 aromatic heterocycles. The minimum atomic E-state index is -0.168. The van der Waals surface area contributed by atoms with Crippen LogP contribution < -0.4 is 21.1 Å². The maximum absolute atomic E-state index is 13.1. The molecule has 9 heteroatoms. The Bertz CT molecular complexity index is 1350. The Kier molecular flexibility index (Phi) is 6.78. The first-order valence-corrected chi connectivity index (χ1v) is 12.2. The van der Waals surface area contributed by atoms with Crippen LogP contribution in [0.3, 0.4) is 0 Å². The lowest BCUT2D eigenvalue weighted by atomic mass is 10.2. The van der Waals surface area contributed by atoms with Gasteiger partial charge in [-0.05, 0) is 71.5 Å². The van der Waals surface area contributed by atoms with Gasteiger partial charge in [-0.15, -0.1) is 0 Å². The van der Waals surface area contributed by atoms with Gasteiger partial charge < -0.3 is 20.4 Å². The van der Waals surface area contributed by atoms with Crippen molar-refractivity contribution in [1.29, 1.82) is 0 Å². The summed E-state index contributed by atoms with van der Waals surface area (Å²) in [5, 5.41) is 6.40. The highest BCUT2D eigenvalue weighted by atomic mass is 79.9. The molecule has 4 aromatic rings. The van der Waals surface area contributed by atoms with Gasteiger partial charge in [0.15, 0.2) is 5.82 Å². The lowest BCUT2D eigenvalue weighted by molar-refractivity contribution is 0.313. The van der Waals surface area contributed by atoms with Gasteiger partial charge in [-0.3, -0.25) is 9.36 Å². The molecule has 0 amide bonds. The van der Waals surface area contributed by atoms with E-state index < -0.39 is 0 Å². The van der Waals surface area contributed by atoms with E-state index in [9.17, 15) is 4.79 Å². The molecule has 0 saturated carbocycles. The van der Waals surface area contributed by atoms with E-state index in [2.05, 4.69) is 65.5 Å². The van der Waals surface area contributed by atoms with Crippen molar-refractivity contribution >= 4 is 44.8 Å². The van der Waals surface area contributed by atoms with Crippen LogP contribution in [-0.4, -0.2) is 52.7 Å². The number of nitrogens with zero attached hydrogens (tertiary/aromatic N) is 5. The van der Waals surface area contributed by atoms with E-state index in [-0.39, 0.29) is 5.56 Å². The molecule has 3 heterocycles. The van der Waals surface area contributed by atoms with E-state index in [1.807, 2.05) is 48.5 Å². The van der Waals surface area contributed by atoms with Crippen molar-refractivity contribution in [2.24, 2.45) is 0 Å². The van der Waals surface area contributed by atoms with Crippen LogP contribution in [-0.2, 0) is 0 Å². The standard InChI is InChI=1S/C26H26BrN7O/c1-32-14-16-33(17-15-32)20-11-9-19(10-12-20)29-26-28-18-22(27)24(31-26)30-23-8-5-13-34(25(23)35)21-6-3-2-4-7-21/h2-13,18H,14-17H2,1H3,(H2,28,29,30,31). The Morgan fingerprint density at radius 2 is 1.60 bits per heavy atom. The van der Waals surface area contributed by atoms with E-state index >= 15 is 0 Å². The fraction of sp³-hybridized carbons (Fsp3) is 0.192. The molecule has 8 nitrogen and oxygen atoms in total. The predicted octanol–water partition coefficient (Wildman–Crippen LogP) is 4.63. The second-order valence-electron chi connectivity index (χ2n) is 8.41. The van der Waals surface area contributed by atoms with Crippen molar-refractivity contribution < 1.29 is 0 Å². The van der Waals surface area contributed by atoms with E-state index in [0.717, 1.165) is 37.6 Å². The average molecular weight is 532 g/mol. The zero-order valence-electron chi connectivity index (χ0n) is 19.4. The third-order valence-electron chi connectivity index (χ3n) is 5.97. The molecule has 1 fully saturated rings. The van der Waals surface area contributed by atoms with Crippen molar-refractivity contribution in [3.05, 3.63) is 94.0 Å². The second-order valence-corrected chi connectivity index (χ2v) is 9.26. The summed E-state index contributed by atoms with van der Waals surface area (Å²) in [5.74, 6) is 0.932. The average Bonchev–Trinajstić information content (AvgIpc) is 2.89. The smallest absolute Gasteiger partial charge is 0.278 e. The number of hydrogen-bond donors (Lipinski definition) is 2. The predicted molar refractivity (Wildman–Crippen MR) is 144 cm³/mol. The SMILES string of the molecule is CN1CCN(c2ccc(Nc3ncc(Br)c(Nc4cccn(-c5ccccc5)c4=O)n3)cc2)CC1. The third-order valence-corrected chi connectivity index (χ3v) is 6.55. The number of aromatic nitrogens is 3. The number of halogens is 1. The van der Waals surface area contributed by atoms with Gasteiger partial charge in [0.2, 0.25) is 5.95 Å². The zero-order chi connectivity index (χ0) is 24.2. The van der Waals surface area contributed by atoms with Crippen LogP contribution in [0.15, 0.2) is 88.4 Å². The maximum Gasteiger partial charge on any atom is 0.278 e. The number of rotatable bonds is 6. The van der Waals surface area contributed by atoms with Crippen LogP contribution in [0.25, 0.3) is 5.69 Å². The lowest BCUT2D eigenvalue weighted by Crippen LogP contribution is -2.44. The third kappa shape index (κ3) is 5.36. The number of piperazine rings is 1. The second kappa shape index (κ2) is 10.3. The van der Waals surface area contributed by atoms with Crippen molar-refractivity contribution in [2.75, 3.05) is 48.8 Å². The van der Waals surface area contributed by atoms with E-state index in [1.165, 1.54) is 5.69 Å². The van der Waals surface area contributed by atoms with Gasteiger partial charge in [-0.25, -0.2) is 4.98 Å². The topological polar surface area (TPSA) is 78.3 Å². The fourth-order valence-electron chi connectivity index (χ4n) is 3.97. The molecule has 0 atom stereocenters. The quantitative estimate of drug-likeness (QED) is 0.375. The molecule has 178 valence electrons. The highest BCUT2D eigenvalue weighted by Gasteiger charge is 2.14. The molecule has 1 aliphatic rings. The molecule has 35 heavy (non-hydrogen) atoms. The highest BCUT2D eigenvalue weighted by Crippen LogP contribution is 2.25. The van der Waals surface area contributed by atoms with Gasteiger partial charge in [-0.1, -0.05) is 18.2 Å². The summed E-state index contributed by atoms with van der Waals surface area (Å²) < 4.78 is 2.25. The maximum atomic E-state index is 13.1. The molecule has 0 unspecified atom stereocenters. The van der Waals surface area contributed by atoms with Crippen molar-refractivity contribution in [1.82, 2.24) is 19.4 Å². The minimum absolute atomic E-state index is 0.168. The number of benzene rings is 2. The number of likely N-dealkylation sites (N-methyl/N-ethyl adjacent to an activating group) is 1. The first-order valence-electron chi connectivity index (χ1n) is 11.4. The summed E-state index contributed by atoms with van der Waals surface area (Å²) in [7, 11) is 2.16. The summed E-state index contributed by atoms with van der Waals surface area (Å²) in [6.07, 6.45) is 3.41. The molecular weight excluding hydrogens is 506 g/mol. The van der Waals surface area contributed by atoms with E-state index in [1.54, 1.807) is 23.0 Å². The van der Waals surface area contributed by atoms with Crippen LogP contribution in [0, 0.1) is 0 Å². The molecule has 2 aromatic carbocycles. The van der Waals surface area contributed by atoms with Gasteiger partial charge in [-0.2, -0.15) is 4.98 Å². The van der Waals surface area contributed by atoms with Gasteiger partial charge in [0.25, 0.3) is 5.56 Å². The number of hydrogen-bond acceptors (Lipinski definition) is 7. The molecule has 1 aliphatic heterocycles. The summed E-state index contributed by atoms with van der Waals surface area (Å²) in [6.45, 7) is 4.19. The molecule has 0 aliphatic carbocycles. The molecule has 5 rings (SSSR count). The van der Waals surface area contributed by atoms with Crippen LogP contribution in [0.1, 0.15) is 0 Å². The van der Waals surface area contributed by atoms with Crippen LogP contribution in [0.5, 0.6) is 0 Å². The lowest BCUT2D eigenvalue weighted by Gasteiger charge is -2.34.